The first kappa shape index (κ1) is 21.9. The number of morpholine rings is 1. The molecule has 0 spiro atoms. The van der Waals surface area contributed by atoms with Gasteiger partial charge in [0.15, 0.2) is 0 Å². The van der Waals surface area contributed by atoms with Gasteiger partial charge in [0, 0.05) is 38.1 Å². The number of carbonyl (C=O) groups is 1. The minimum absolute atomic E-state index is 0.0892. The summed E-state index contributed by atoms with van der Waals surface area (Å²) in [6.45, 7) is 5.69. The van der Waals surface area contributed by atoms with Crippen molar-refractivity contribution >= 4 is 49.7 Å². The molecule has 0 radical (unpaired) electrons. The number of thiazole rings is 1. The number of aromatic amines is 1. The average molecular weight is 493 g/mol. The van der Waals surface area contributed by atoms with E-state index in [2.05, 4.69) is 30.4 Å². The molecule has 0 aromatic carbocycles. The molecular weight excluding hydrogens is 468 g/mol. The highest BCUT2D eigenvalue weighted by molar-refractivity contribution is 7.21. The lowest BCUT2D eigenvalue weighted by Gasteiger charge is -2.34. The fourth-order valence-corrected chi connectivity index (χ4v) is 5.78. The van der Waals surface area contributed by atoms with Crippen molar-refractivity contribution in [2.45, 2.75) is 26.1 Å². The number of H-pyrrole nitrogens is 1. The van der Waals surface area contributed by atoms with E-state index in [-0.39, 0.29) is 30.2 Å². The van der Waals surface area contributed by atoms with Gasteiger partial charge in [0.25, 0.3) is 5.56 Å². The smallest absolute Gasteiger partial charge is 0.261 e. The van der Waals surface area contributed by atoms with Gasteiger partial charge in [-0.15, -0.1) is 11.3 Å². The third kappa shape index (κ3) is 3.99. The zero-order chi connectivity index (χ0) is 24.3. The third-order valence-electron chi connectivity index (χ3n) is 6.04. The van der Waals surface area contributed by atoms with E-state index in [4.69, 9.17) is 4.74 Å². The van der Waals surface area contributed by atoms with E-state index in [1.54, 1.807) is 27.7 Å². The molecule has 5 aromatic rings. The summed E-state index contributed by atoms with van der Waals surface area (Å²) >= 11 is 1.48. The predicted octanol–water partition coefficient (Wildman–Crippen LogP) is 2.23. The van der Waals surface area contributed by atoms with Crippen LogP contribution in [0.2, 0.25) is 0 Å². The van der Waals surface area contributed by atoms with E-state index < -0.39 is 0 Å². The SMILES string of the molecule is C[C@@H]1CN(CC(=O)Nc2cnc3c(c2)[nH]c(=O)c2c3nn3cc(-c4cnn(C)c4)sc23)C[C@H](C)O1. The minimum atomic E-state index is -0.247. The molecule has 1 aliphatic rings. The van der Waals surface area contributed by atoms with Gasteiger partial charge in [0.1, 0.15) is 21.3 Å². The van der Waals surface area contributed by atoms with Crippen molar-refractivity contribution in [1.29, 1.82) is 0 Å². The lowest BCUT2D eigenvalue weighted by molar-refractivity contribution is -0.121. The van der Waals surface area contributed by atoms with Gasteiger partial charge >= 0.3 is 0 Å². The van der Waals surface area contributed by atoms with E-state index in [0.717, 1.165) is 15.3 Å². The van der Waals surface area contributed by atoms with Crippen molar-refractivity contribution in [3.05, 3.63) is 41.2 Å². The summed E-state index contributed by atoms with van der Waals surface area (Å²) in [6.07, 6.45) is 7.37. The van der Waals surface area contributed by atoms with Crippen molar-refractivity contribution in [2.24, 2.45) is 7.05 Å². The normalized spacial score (nSPS) is 19.2. The maximum atomic E-state index is 13.0. The van der Waals surface area contributed by atoms with Crippen LogP contribution in [0, 0.1) is 0 Å². The maximum absolute atomic E-state index is 13.0. The zero-order valence-corrected chi connectivity index (χ0v) is 20.3. The van der Waals surface area contributed by atoms with Gasteiger partial charge in [-0.05, 0) is 19.9 Å². The summed E-state index contributed by atoms with van der Waals surface area (Å²) in [5, 5.41) is 12.3. The quantitative estimate of drug-likeness (QED) is 0.394. The lowest BCUT2D eigenvalue weighted by atomic mass is 10.2. The number of hydrogen-bond acceptors (Lipinski definition) is 8. The van der Waals surface area contributed by atoms with Crippen LogP contribution >= 0.6 is 11.3 Å². The topological polar surface area (TPSA) is 122 Å². The minimum Gasteiger partial charge on any atom is -0.373 e. The van der Waals surface area contributed by atoms with E-state index in [9.17, 15) is 9.59 Å². The second kappa shape index (κ2) is 8.26. The number of nitrogens with zero attached hydrogens (tertiary/aromatic N) is 6. The van der Waals surface area contributed by atoms with E-state index >= 15 is 0 Å². The highest BCUT2D eigenvalue weighted by atomic mass is 32.1. The Morgan fingerprint density at radius 2 is 2.03 bits per heavy atom. The number of fused-ring (bicyclic) bond motifs is 5. The second-order valence-electron chi connectivity index (χ2n) is 9.05. The third-order valence-corrected chi connectivity index (χ3v) is 7.18. The molecule has 180 valence electrons. The Morgan fingerprint density at radius 3 is 2.77 bits per heavy atom. The van der Waals surface area contributed by atoms with Gasteiger partial charge in [-0.2, -0.15) is 10.2 Å². The van der Waals surface area contributed by atoms with Gasteiger partial charge < -0.3 is 15.0 Å². The van der Waals surface area contributed by atoms with Gasteiger partial charge in [-0.25, -0.2) is 4.52 Å². The van der Waals surface area contributed by atoms with Crippen molar-refractivity contribution in [3.63, 3.8) is 0 Å². The molecule has 0 aliphatic carbocycles. The van der Waals surface area contributed by atoms with Crippen LogP contribution < -0.4 is 10.9 Å². The van der Waals surface area contributed by atoms with E-state index in [0.29, 0.717) is 40.7 Å². The summed E-state index contributed by atoms with van der Waals surface area (Å²) in [4.78, 5) is 36.9. The van der Waals surface area contributed by atoms with Gasteiger partial charge in [0.05, 0.1) is 47.2 Å². The van der Waals surface area contributed by atoms with Crippen LogP contribution in [0.3, 0.4) is 0 Å². The zero-order valence-electron chi connectivity index (χ0n) is 19.5. The van der Waals surface area contributed by atoms with Crippen LogP contribution in [0.4, 0.5) is 5.69 Å². The summed E-state index contributed by atoms with van der Waals surface area (Å²) in [6, 6.07) is 1.72. The molecule has 6 rings (SSSR count). The van der Waals surface area contributed by atoms with Crippen LogP contribution in [0.15, 0.2) is 35.6 Å². The largest absolute Gasteiger partial charge is 0.373 e. The van der Waals surface area contributed by atoms with Crippen LogP contribution in [0.5, 0.6) is 0 Å². The number of hydrogen-bond donors (Lipinski definition) is 2. The number of pyridine rings is 2. The molecule has 2 atom stereocenters. The van der Waals surface area contributed by atoms with E-state index in [1.165, 1.54) is 11.3 Å². The molecule has 0 bridgehead atoms. The molecule has 2 N–H and O–H groups in total. The Morgan fingerprint density at radius 1 is 1.23 bits per heavy atom. The Balaban J connectivity index is 1.30. The standard InChI is InChI=1S/C23H24N8O3S/c1-12-7-30(8-13(2)34-12)11-18(32)26-15-4-16-20(24-6-15)21-19(22(33)27-16)23-31(28-21)10-17(35-23)14-5-25-29(3)9-14/h4-6,9-10,12-13H,7-8,11H2,1-3H3,(H,26,32)(H,27,33)/t12-,13+. The number of nitrogens with one attached hydrogen (secondary N) is 2. The van der Waals surface area contributed by atoms with Crippen molar-refractivity contribution < 1.29 is 9.53 Å². The number of aryl methyl sites for hydroxylation is 1. The van der Waals surface area contributed by atoms with Gasteiger partial charge in [-0.3, -0.25) is 24.2 Å². The molecule has 1 fully saturated rings. The predicted molar refractivity (Wildman–Crippen MR) is 134 cm³/mol. The Hall–Kier alpha value is -3.61. The highest BCUT2D eigenvalue weighted by Gasteiger charge is 2.24. The molecule has 11 nitrogen and oxygen atoms in total. The highest BCUT2D eigenvalue weighted by Crippen LogP contribution is 2.33. The van der Waals surface area contributed by atoms with E-state index in [1.807, 2.05) is 33.3 Å². The molecule has 12 heteroatoms. The summed E-state index contributed by atoms with van der Waals surface area (Å²) in [5.41, 5.74) is 2.87. The molecule has 1 saturated heterocycles. The maximum Gasteiger partial charge on any atom is 0.261 e. The van der Waals surface area contributed by atoms with Gasteiger partial charge in [-0.1, -0.05) is 0 Å². The van der Waals surface area contributed by atoms with Crippen LogP contribution in [0.25, 0.3) is 37.2 Å². The summed E-state index contributed by atoms with van der Waals surface area (Å²) < 4.78 is 9.18. The molecule has 1 aliphatic heterocycles. The molecule has 6 heterocycles. The monoisotopic (exact) mass is 492 g/mol. The Kier molecular flexibility index (Phi) is 5.16. The van der Waals surface area contributed by atoms with Crippen molar-refractivity contribution in [1.82, 2.24) is 34.3 Å². The fourth-order valence-electron chi connectivity index (χ4n) is 4.72. The first-order valence-corrected chi connectivity index (χ1v) is 12.2. The summed E-state index contributed by atoms with van der Waals surface area (Å²) in [5.74, 6) is -0.138. The second-order valence-corrected chi connectivity index (χ2v) is 10.1. The average Bonchev–Trinajstić information content (AvgIpc) is 3.46. The molecule has 35 heavy (non-hydrogen) atoms. The first-order chi connectivity index (χ1) is 16.8. The number of aromatic nitrogens is 6. The molecule has 0 unspecified atom stereocenters. The number of ether oxygens (including phenoxy) is 1. The van der Waals surface area contributed by atoms with Crippen LogP contribution in [-0.2, 0) is 16.6 Å². The Labute approximate surface area is 203 Å². The molecule has 1 amide bonds. The number of rotatable bonds is 4. The molecular formula is C23H24N8O3S. The van der Waals surface area contributed by atoms with Crippen molar-refractivity contribution in [2.75, 3.05) is 25.0 Å². The van der Waals surface area contributed by atoms with Crippen LogP contribution in [0.1, 0.15) is 13.8 Å². The lowest BCUT2D eigenvalue weighted by Crippen LogP contribution is -2.48. The summed E-state index contributed by atoms with van der Waals surface area (Å²) in [7, 11) is 1.86. The Bertz CT molecular complexity index is 1640. The molecule has 0 saturated carbocycles. The fraction of sp³-hybridized carbons (Fsp3) is 0.348. The molecule has 5 aromatic heterocycles. The number of carbonyl (C=O) groups excluding carboxylic acids is 1. The number of anilines is 1. The number of amides is 1. The van der Waals surface area contributed by atoms with Crippen LogP contribution in [-0.4, -0.2) is 72.0 Å². The van der Waals surface area contributed by atoms with Crippen molar-refractivity contribution in [3.8, 4) is 10.4 Å². The first-order valence-electron chi connectivity index (χ1n) is 11.3. The van der Waals surface area contributed by atoms with Gasteiger partial charge in [0.2, 0.25) is 5.91 Å².